The number of aromatic nitrogens is 2. The van der Waals surface area contributed by atoms with Gasteiger partial charge in [0.25, 0.3) is 5.91 Å². The van der Waals surface area contributed by atoms with E-state index in [1.807, 2.05) is 0 Å². The zero-order valence-electron chi connectivity index (χ0n) is 20.6. The van der Waals surface area contributed by atoms with Crippen molar-refractivity contribution in [2.75, 3.05) is 18.5 Å². The summed E-state index contributed by atoms with van der Waals surface area (Å²) in [5.41, 5.74) is 2.42. The van der Waals surface area contributed by atoms with Crippen LogP contribution >= 0.6 is 0 Å². The Morgan fingerprint density at radius 3 is 2.51 bits per heavy atom. The molecule has 0 aliphatic heterocycles. The second kappa shape index (κ2) is 13.3. The third-order valence-electron chi connectivity index (χ3n) is 5.35. The van der Waals surface area contributed by atoms with Gasteiger partial charge in [0.05, 0.1) is 17.4 Å². The summed E-state index contributed by atoms with van der Waals surface area (Å²) in [6, 6.07) is 4.52. The van der Waals surface area contributed by atoms with Crippen LogP contribution in [0.4, 0.5) is 23.2 Å². The maximum Gasteiger partial charge on any atom is 0.340 e. The van der Waals surface area contributed by atoms with Crippen molar-refractivity contribution >= 4 is 11.6 Å². The summed E-state index contributed by atoms with van der Waals surface area (Å²) in [4.78, 5) is 21.1. The molecule has 2 N–H and O–H groups in total. The quantitative estimate of drug-likeness (QED) is 0.319. The number of amides is 1. The molecular weight excluding hydrogens is 464 g/mol. The molecule has 0 saturated carbocycles. The lowest BCUT2D eigenvalue weighted by Gasteiger charge is -2.20. The second-order valence-electron chi connectivity index (χ2n) is 9.07. The van der Waals surface area contributed by atoms with E-state index in [4.69, 9.17) is 0 Å². The molecule has 1 unspecified atom stereocenters. The maximum absolute atomic E-state index is 13.0. The molecule has 2 heterocycles. The summed E-state index contributed by atoms with van der Waals surface area (Å²) in [7, 11) is 0. The van der Waals surface area contributed by atoms with Crippen LogP contribution in [0, 0.1) is 18.8 Å². The van der Waals surface area contributed by atoms with E-state index in [1.54, 1.807) is 19.2 Å². The first kappa shape index (κ1) is 28.3. The van der Waals surface area contributed by atoms with Crippen LogP contribution in [-0.4, -0.2) is 41.4 Å². The molecule has 1 amide bonds. The van der Waals surface area contributed by atoms with Gasteiger partial charge >= 0.3 is 12.3 Å². The molecule has 0 spiro atoms. The monoisotopic (exact) mass is 498 g/mol. The Morgan fingerprint density at radius 1 is 1.17 bits per heavy atom. The van der Waals surface area contributed by atoms with E-state index < -0.39 is 19.0 Å². The Labute approximate surface area is 203 Å². The average molecular weight is 499 g/mol. The van der Waals surface area contributed by atoms with E-state index in [0.29, 0.717) is 34.3 Å². The molecule has 6 nitrogen and oxygen atoms in total. The van der Waals surface area contributed by atoms with Crippen molar-refractivity contribution in [3.8, 4) is 5.88 Å². The first-order valence-electron chi connectivity index (χ1n) is 11.7. The number of nitrogens with one attached hydrogen (secondary N) is 2. The zero-order valence-corrected chi connectivity index (χ0v) is 20.6. The zero-order chi connectivity index (χ0) is 26.0. The largest absolute Gasteiger partial charge is 0.471 e. The highest BCUT2D eigenvalue weighted by Crippen LogP contribution is 2.24. The number of aryl methyl sites for hydroxylation is 1. The topological polar surface area (TPSA) is 76.1 Å². The lowest BCUT2D eigenvalue weighted by molar-refractivity contribution is -0.148. The smallest absolute Gasteiger partial charge is 0.340 e. The van der Waals surface area contributed by atoms with Gasteiger partial charge in [-0.25, -0.2) is 13.8 Å². The van der Waals surface area contributed by atoms with Crippen LogP contribution in [0.15, 0.2) is 30.6 Å². The fourth-order valence-corrected chi connectivity index (χ4v) is 3.63. The molecule has 0 fully saturated rings. The number of pyridine rings is 2. The Hall–Kier alpha value is -2.91. The van der Waals surface area contributed by atoms with E-state index in [2.05, 4.69) is 46.1 Å². The van der Waals surface area contributed by atoms with Crippen molar-refractivity contribution in [2.45, 2.75) is 65.9 Å². The van der Waals surface area contributed by atoms with Crippen molar-refractivity contribution in [3.05, 3.63) is 47.4 Å². The van der Waals surface area contributed by atoms with Gasteiger partial charge in [0.1, 0.15) is 0 Å². The van der Waals surface area contributed by atoms with Gasteiger partial charge in [-0.1, -0.05) is 33.3 Å². The summed E-state index contributed by atoms with van der Waals surface area (Å²) in [5, 5.41) is 6.20. The Morgan fingerprint density at radius 2 is 1.91 bits per heavy atom. The number of carbonyl (C=O) groups is 1. The van der Waals surface area contributed by atoms with E-state index in [1.165, 1.54) is 18.3 Å². The molecule has 0 bridgehead atoms. The van der Waals surface area contributed by atoms with Gasteiger partial charge in [-0.2, -0.15) is 8.78 Å². The minimum atomic E-state index is -4.26. The first-order chi connectivity index (χ1) is 16.5. The summed E-state index contributed by atoms with van der Waals surface area (Å²) < 4.78 is 55.1. The maximum atomic E-state index is 13.0. The Bertz CT molecular complexity index is 940. The second-order valence-corrected chi connectivity index (χ2v) is 9.07. The number of halogens is 4. The normalized spacial score (nSPS) is 12.6. The Kier molecular flexibility index (Phi) is 10.7. The molecule has 35 heavy (non-hydrogen) atoms. The van der Waals surface area contributed by atoms with E-state index in [-0.39, 0.29) is 18.3 Å². The number of rotatable bonds is 14. The molecule has 2 rings (SSSR count). The molecule has 194 valence electrons. The molecule has 0 aliphatic carbocycles. The van der Waals surface area contributed by atoms with Crippen LogP contribution in [-0.2, 0) is 6.54 Å². The molecule has 1 atom stereocenters. The van der Waals surface area contributed by atoms with Crippen molar-refractivity contribution in [1.82, 2.24) is 15.3 Å². The van der Waals surface area contributed by atoms with Crippen LogP contribution < -0.4 is 15.4 Å². The summed E-state index contributed by atoms with van der Waals surface area (Å²) in [6.07, 6.45) is 2.44. The highest BCUT2D eigenvalue weighted by atomic mass is 19.3. The number of hydrogen-bond donors (Lipinski definition) is 2. The number of ether oxygens (including phenoxy) is 1. The van der Waals surface area contributed by atoms with Gasteiger partial charge in [-0.05, 0) is 43.2 Å². The van der Waals surface area contributed by atoms with Gasteiger partial charge in [-0.3, -0.25) is 9.78 Å². The SMILES string of the molecule is CCCC(CNc1cnc(C)cc1C(=O)NCc1ccc(OCC(F)(F)C(F)F)nc1)CC(C)C. The third-order valence-corrected chi connectivity index (χ3v) is 5.35. The van der Waals surface area contributed by atoms with Crippen molar-refractivity contribution < 1.29 is 27.1 Å². The predicted octanol–water partition coefficient (Wildman–Crippen LogP) is 5.87. The van der Waals surface area contributed by atoms with Crippen LogP contribution in [0.3, 0.4) is 0 Å². The molecule has 2 aromatic rings. The minimum absolute atomic E-state index is 0.131. The van der Waals surface area contributed by atoms with Crippen LogP contribution in [0.1, 0.15) is 61.6 Å². The lowest BCUT2D eigenvalue weighted by Crippen LogP contribution is -2.33. The summed E-state index contributed by atoms with van der Waals surface area (Å²) in [5.74, 6) is -3.69. The highest BCUT2D eigenvalue weighted by molar-refractivity contribution is 5.99. The molecule has 0 aromatic carbocycles. The molecular formula is C25H34F4N4O2. The fraction of sp³-hybridized carbons (Fsp3) is 0.560. The molecule has 0 aliphatic rings. The molecule has 0 saturated heterocycles. The predicted molar refractivity (Wildman–Crippen MR) is 127 cm³/mol. The van der Waals surface area contributed by atoms with Crippen LogP contribution in [0.25, 0.3) is 0 Å². The highest BCUT2D eigenvalue weighted by Gasteiger charge is 2.41. The average Bonchev–Trinajstić information content (AvgIpc) is 2.80. The Balaban J connectivity index is 1.98. The van der Waals surface area contributed by atoms with Gasteiger partial charge in [0, 0.05) is 31.0 Å². The van der Waals surface area contributed by atoms with Gasteiger partial charge in [0.15, 0.2) is 6.61 Å². The minimum Gasteiger partial charge on any atom is -0.471 e. The summed E-state index contributed by atoms with van der Waals surface area (Å²) >= 11 is 0. The van der Waals surface area contributed by atoms with Crippen molar-refractivity contribution in [3.63, 3.8) is 0 Å². The van der Waals surface area contributed by atoms with Crippen molar-refractivity contribution in [1.29, 1.82) is 0 Å². The van der Waals surface area contributed by atoms with E-state index in [0.717, 1.165) is 25.8 Å². The number of carbonyl (C=O) groups excluding carboxylic acids is 1. The first-order valence-corrected chi connectivity index (χ1v) is 11.7. The van der Waals surface area contributed by atoms with Crippen molar-refractivity contribution in [2.24, 2.45) is 11.8 Å². The third kappa shape index (κ3) is 9.33. The molecule has 2 aromatic heterocycles. The lowest BCUT2D eigenvalue weighted by atomic mass is 9.93. The van der Waals surface area contributed by atoms with Gasteiger partial charge in [-0.15, -0.1) is 0 Å². The number of alkyl halides is 4. The molecule has 0 radical (unpaired) electrons. The number of hydrogen-bond acceptors (Lipinski definition) is 5. The van der Waals surface area contributed by atoms with E-state index in [9.17, 15) is 22.4 Å². The van der Waals surface area contributed by atoms with Crippen LogP contribution in [0.2, 0.25) is 0 Å². The van der Waals surface area contributed by atoms with Gasteiger partial charge in [0.2, 0.25) is 5.88 Å². The standard InChI is InChI=1S/C25H34F4N4O2/c1-5-6-18(9-16(2)3)11-31-21-14-30-17(4)10-20(21)23(34)33-13-19-7-8-22(32-12-19)35-15-25(28,29)24(26)27/h7-8,10,12,14,16,18,24,31H,5-6,9,11,13,15H2,1-4H3,(H,33,34). The summed E-state index contributed by atoms with van der Waals surface area (Å²) in [6.45, 7) is 7.76. The fourth-order valence-electron chi connectivity index (χ4n) is 3.63. The molecule has 10 heteroatoms. The van der Waals surface area contributed by atoms with Crippen LogP contribution in [0.5, 0.6) is 5.88 Å². The number of nitrogens with zero attached hydrogens (tertiary/aromatic N) is 2. The van der Waals surface area contributed by atoms with E-state index >= 15 is 0 Å². The number of anilines is 1. The van der Waals surface area contributed by atoms with Gasteiger partial charge < -0.3 is 15.4 Å².